The quantitative estimate of drug-likeness (QED) is 0.856. The molecule has 16 heavy (non-hydrogen) atoms. The molecule has 4 nitrogen and oxygen atoms in total. The Kier molecular flexibility index (Phi) is 3.97. The van der Waals surface area contributed by atoms with Gasteiger partial charge in [0, 0.05) is 6.54 Å². The van der Waals surface area contributed by atoms with Crippen molar-refractivity contribution < 1.29 is 0 Å². The van der Waals surface area contributed by atoms with Crippen LogP contribution in [0.25, 0.3) is 0 Å². The molecule has 0 saturated heterocycles. The van der Waals surface area contributed by atoms with E-state index in [0.717, 1.165) is 6.54 Å². The molecule has 0 saturated carbocycles. The van der Waals surface area contributed by atoms with Crippen LogP contribution in [-0.4, -0.2) is 16.5 Å². The molecule has 3 N–H and O–H groups in total. The Morgan fingerprint density at radius 3 is 2.69 bits per heavy atom. The molecule has 0 aliphatic carbocycles. The Labute approximate surface area is 102 Å². The summed E-state index contributed by atoms with van der Waals surface area (Å²) in [5.74, 6) is 1.33. The Balaban J connectivity index is 2.64. The Hall–Kier alpha value is -1.03. The van der Waals surface area contributed by atoms with Crippen LogP contribution < -0.4 is 11.1 Å². The van der Waals surface area contributed by atoms with Gasteiger partial charge >= 0.3 is 0 Å². The highest BCUT2D eigenvalue weighted by Crippen LogP contribution is 2.26. The molecule has 1 unspecified atom stereocenters. The van der Waals surface area contributed by atoms with Crippen LogP contribution in [0.3, 0.4) is 0 Å². The van der Waals surface area contributed by atoms with E-state index in [1.807, 2.05) is 0 Å². The number of nitrogens with one attached hydrogen (secondary N) is 1. The van der Waals surface area contributed by atoms with Gasteiger partial charge in [0.15, 0.2) is 0 Å². The molecule has 0 amide bonds. The van der Waals surface area contributed by atoms with Gasteiger partial charge in [-0.3, -0.25) is 0 Å². The molecule has 0 aliphatic rings. The summed E-state index contributed by atoms with van der Waals surface area (Å²) < 4.78 is 0. The van der Waals surface area contributed by atoms with Gasteiger partial charge in [0.2, 0.25) is 5.95 Å². The SMILES string of the molecule is CC(CNc1nc(N)ncc1Cl)C(C)(C)C. The lowest BCUT2D eigenvalue weighted by Gasteiger charge is -2.27. The maximum absolute atomic E-state index is 5.95. The lowest BCUT2D eigenvalue weighted by atomic mass is 9.82. The van der Waals surface area contributed by atoms with E-state index in [4.69, 9.17) is 17.3 Å². The van der Waals surface area contributed by atoms with Crippen LogP contribution in [0.4, 0.5) is 11.8 Å². The van der Waals surface area contributed by atoms with Gasteiger partial charge in [-0.25, -0.2) is 4.98 Å². The summed E-state index contributed by atoms with van der Waals surface area (Å²) in [7, 11) is 0. The lowest BCUT2D eigenvalue weighted by molar-refractivity contribution is 0.274. The van der Waals surface area contributed by atoms with Crippen molar-refractivity contribution in [3.05, 3.63) is 11.2 Å². The first-order valence-electron chi connectivity index (χ1n) is 5.32. The minimum absolute atomic E-state index is 0.232. The normalized spacial score (nSPS) is 13.6. The maximum Gasteiger partial charge on any atom is 0.222 e. The predicted octanol–water partition coefficient (Wildman–Crippen LogP) is 2.81. The molecular weight excluding hydrogens is 224 g/mol. The second-order valence-electron chi connectivity index (χ2n) is 5.07. The van der Waals surface area contributed by atoms with Crippen molar-refractivity contribution in [3.63, 3.8) is 0 Å². The van der Waals surface area contributed by atoms with Crippen LogP contribution in [0.15, 0.2) is 6.20 Å². The predicted molar refractivity (Wildman–Crippen MR) is 68.6 cm³/mol. The van der Waals surface area contributed by atoms with Crippen LogP contribution in [0.1, 0.15) is 27.7 Å². The first kappa shape index (κ1) is 13.0. The van der Waals surface area contributed by atoms with Crippen molar-refractivity contribution in [1.29, 1.82) is 0 Å². The fourth-order valence-electron chi connectivity index (χ4n) is 1.06. The number of anilines is 2. The highest BCUT2D eigenvalue weighted by Gasteiger charge is 2.20. The first-order valence-corrected chi connectivity index (χ1v) is 5.70. The standard InChI is InChI=1S/C11H19ClN4/c1-7(11(2,3)4)5-14-9-8(12)6-15-10(13)16-9/h6-7H,5H2,1-4H3,(H3,13,14,15,16). The largest absolute Gasteiger partial charge is 0.368 e. The molecule has 1 atom stereocenters. The lowest BCUT2D eigenvalue weighted by Crippen LogP contribution is -2.25. The summed E-state index contributed by atoms with van der Waals surface area (Å²) in [6, 6.07) is 0. The zero-order valence-electron chi connectivity index (χ0n) is 10.2. The Morgan fingerprint density at radius 1 is 1.50 bits per heavy atom. The van der Waals surface area contributed by atoms with Crippen LogP contribution >= 0.6 is 11.6 Å². The van der Waals surface area contributed by atoms with Gasteiger partial charge in [-0.2, -0.15) is 4.98 Å². The zero-order valence-corrected chi connectivity index (χ0v) is 11.0. The first-order chi connectivity index (χ1) is 7.30. The van der Waals surface area contributed by atoms with E-state index >= 15 is 0 Å². The summed E-state index contributed by atoms with van der Waals surface area (Å²) >= 11 is 5.95. The molecule has 1 rings (SSSR count). The van der Waals surface area contributed by atoms with E-state index in [2.05, 4.69) is 43.0 Å². The molecular formula is C11H19ClN4. The number of nitrogen functional groups attached to an aromatic ring is 1. The smallest absolute Gasteiger partial charge is 0.222 e. The van der Waals surface area contributed by atoms with Gasteiger partial charge < -0.3 is 11.1 Å². The van der Waals surface area contributed by atoms with Crippen LogP contribution in [0.5, 0.6) is 0 Å². The van der Waals surface area contributed by atoms with Crippen molar-refractivity contribution in [2.75, 3.05) is 17.6 Å². The second-order valence-corrected chi connectivity index (χ2v) is 5.48. The van der Waals surface area contributed by atoms with Crippen molar-refractivity contribution in [2.45, 2.75) is 27.7 Å². The van der Waals surface area contributed by atoms with Gasteiger partial charge in [0.05, 0.1) is 6.20 Å². The molecule has 1 aromatic rings. The molecule has 1 heterocycles. The average Bonchev–Trinajstić information content (AvgIpc) is 2.17. The molecule has 0 aliphatic heterocycles. The molecule has 0 bridgehead atoms. The molecule has 0 fully saturated rings. The molecule has 1 aromatic heterocycles. The van der Waals surface area contributed by atoms with E-state index in [0.29, 0.717) is 16.8 Å². The second kappa shape index (κ2) is 4.87. The molecule has 5 heteroatoms. The van der Waals surface area contributed by atoms with Crippen molar-refractivity contribution >= 4 is 23.4 Å². The van der Waals surface area contributed by atoms with Gasteiger partial charge in [0.25, 0.3) is 0 Å². The fourth-order valence-corrected chi connectivity index (χ4v) is 1.22. The number of nitrogens with zero attached hydrogens (tertiary/aromatic N) is 2. The van der Waals surface area contributed by atoms with Crippen LogP contribution in [0, 0.1) is 11.3 Å². The minimum Gasteiger partial charge on any atom is -0.368 e. The van der Waals surface area contributed by atoms with Crippen molar-refractivity contribution in [2.24, 2.45) is 11.3 Å². The summed E-state index contributed by atoms with van der Waals surface area (Å²) in [4.78, 5) is 7.86. The number of halogens is 1. The molecule has 0 spiro atoms. The third-order valence-electron chi connectivity index (χ3n) is 2.82. The topological polar surface area (TPSA) is 63.8 Å². The number of nitrogens with two attached hydrogens (primary N) is 1. The van der Waals surface area contributed by atoms with Gasteiger partial charge in [-0.1, -0.05) is 39.3 Å². The highest BCUT2D eigenvalue weighted by atomic mass is 35.5. The van der Waals surface area contributed by atoms with Gasteiger partial charge in [-0.15, -0.1) is 0 Å². The number of hydrogen-bond acceptors (Lipinski definition) is 4. The van der Waals surface area contributed by atoms with Gasteiger partial charge in [0.1, 0.15) is 10.8 Å². The van der Waals surface area contributed by atoms with E-state index in [1.54, 1.807) is 0 Å². The van der Waals surface area contributed by atoms with E-state index < -0.39 is 0 Å². The van der Waals surface area contributed by atoms with Crippen LogP contribution in [-0.2, 0) is 0 Å². The summed E-state index contributed by atoms with van der Waals surface area (Å²) in [6.07, 6.45) is 1.51. The Bertz CT molecular complexity index is 359. The third-order valence-corrected chi connectivity index (χ3v) is 3.09. The third kappa shape index (κ3) is 3.52. The Morgan fingerprint density at radius 2 is 2.12 bits per heavy atom. The number of hydrogen-bond donors (Lipinski definition) is 2. The summed E-state index contributed by atoms with van der Waals surface area (Å²) in [5.41, 5.74) is 5.75. The van der Waals surface area contributed by atoms with E-state index in [-0.39, 0.29) is 11.4 Å². The van der Waals surface area contributed by atoms with Crippen LogP contribution in [0.2, 0.25) is 5.02 Å². The van der Waals surface area contributed by atoms with Gasteiger partial charge in [-0.05, 0) is 11.3 Å². The highest BCUT2D eigenvalue weighted by molar-refractivity contribution is 6.32. The van der Waals surface area contributed by atoms with E-state index in [1.165, 1.54) is 6.20 Å². The summed E-state index contributed by atoms with van der Waals surface area (Å²) in [5, 5.41) is 3.69. The van der Waals surface area contributed by atoms with Crippen molar-refractivity contribution in [3.8, 4) is 0 Å². The molecule has 0 radical (unpaired) electrons. The average molecular weight is 243 g/mol. The zero-order chi connectivity index (χ0) is 12.3. The monoisotopic (exact) mass is 242 g/mol. The fraction of sp³-hybridized carbons (Fsp3) is 0.636. The number of aromatic nitrogens is 2. The molecule has 0 aromatic carbocycles. The minimum atomic E-state index is 0.232. The number of rotatable bonds is 3. The summed E-state index contributed by atoms with van der Waals surface area (Å²) in [6.45, 7) is 9.60. The van der Waals surface area contributed by atoms with Crippen molar-refractivity contribution in [1.82, 2.24) is 9.97 Å². The van der Waals surface area contributed by atoms with E-state index in [9.17, 15) is 0 Å². The maximum atomic E-state index is 5.95. The molecule has 90 valence electrons.